The number of nitrogens with zero attached hydrogens (tertiary/aromatic N) is 1. The van der Waals surface area contributed by atoms with Crippen LogP contribution in [0.4, 0.5) is 5.69 Å². The van der Waals surface area contributed by atoms with Crippen LogP contribution in [0.15, 0.2) is 66.7 Å². The number of rotatable bonds is 6. The molecule has 0 saturated carbocycles. The van der Waals surface area contributed by atoms with E-state index in [0.717, 1.165) is 41.1 Å². The molecule has 1 amide bonds. The molecule has 4 rings (SSSR count). The third kappa shape index (κ3) is 4.76. The van der Waals surface area contributed by atoms with Gasteiger partial charge in [-0.2, -0.15) is 0 Å². The summed E-state index contributed by atoms with van der Waals surface area (Å²) >= 11 is 0. The molecule has 4 nitrogen and oxygen atoms in total. The number of anilines is 1. The highest BCUT2D eigenvalue weighted by Gasteiger charge is 2.17. The fourth-order valence-corrected chi connectivity index (χ4v) is 4.07. The third-order valence-corrected chi connectivity index (χ3v) is 6.03. The largest absolute Gasteiger partial charge is 0.483 e. The van der Waals surface area contributed by atoms with Crippen LogP contribution >= 0.6 is 0 Å². The lowest BCUT2D eigenvalue weighted by molar-refractivity contribution is -0.123. The van der Waals surface area contributed by atoms with Gasteiger partial charge in [0.05, 0.1) is 6.04 Å². The second-order valence-electron chi connectivity index (χ2n) is 8.32. The number of fused-ring (bicyclic) bond motifs is 1. The van der Waals surface area contributed by atoms with Crippen molar-refractivity contribution >= 4 is 22.4 Å². The van der Waals surface area contributed by atoms with Crippen LogP contribution in [-0.2, 0) is 4.79 Å². The van der Waals surface area contributed by atoms with Crippen molar-refractivity contribution in [2.75, 3.05) is 24.6 Å². The predicted octanol–water partition coefficient (Wildman–Crippen LogP) is 5.33. The maximum atomic E-state index is 12.4. The summed E-state index contributed by atoms with van der Waals surface area (Å²) < 4.78 is 5.81. The number of carbonyl (C=O) groups excluding carboxylic acids is 1. The van der Waals surface area contributed by atoms with E-state index in [1.165, 1.54) is 18.5 Å². The lowest BCUT2D eigenvalue weighted by Crippen LogP contribution is -2.33. The number of amides is 1. The molecule has 0 radical (unpaired) electrons. The molecule has 0 bridgehead atoms. The van der Waals surface area contributed by atoms with Crippen molar-refractivity contribution in [3.63, 3.8) is 0 Å². The highest BCUT2D eigenvalue weighted by atomic mass is 16.5. The van der Waals surface area contributed by atoms with Crippen molar-refractivity contribution in [2.45, 2.75) is 32.7 Å². The second-order valence-corrected chi connectivity index (χ2v) is 8.32. The molecule has 1 aliphatic rings. The van der Waals surface area contributed by atoms with Crippen LogP contribution in [0.25, 0.3) is 10.8 Å². The zero-order chi connectivity index (χ0) is 20.9. The Kier molecular flexibility index (Phi) is 6.22. The first-order valence-corrected chi connectivity index (χ1v) is 10.8. The van der Waals surface area contributed by atoms with Gasteiger partial charge in [-0.25, -0.2) is 0 Å². The molecular weight excluding hydrogens is 372 g/mol. The average Bonchev–Trinajstić information content (AvgIpc) is 2.78. The summed E-state index contributed by atoms with van der Waals surface area (Å²) in [6, 6.07) is 22.4. The SMILES string of the molecule is CC1CCN(c2ccc([C@H](C)NC(=O)COc3cccc4ccccc34)cc2)CC1. The Morgan fingerprint density at radius 2 is 1.73 bits per heavy atom. The van der Waals surface area contributed by atoms with Crippen molar-refractivity contribution in [2.24, 2.45) is 5.92 Å². The Bertz CT molecular complexity index is 986. The van der Waals surface area contributed by atoms with E-state index in [4.69, 9.17) is 4.74 Å². The van der Waals surface area contributed by atoms with Gasteiger partial charge in [0, 0.05) is 24.2 Å². The van der Waals surface area contributed by atoms with Crippen molar-refractivity contribution in [3.8, 4) is 5.75 Å². The van der Waals surface area contributed by atoms with Crippen molar-refractivity contribution in [1.29, 1.82) is 0 Å². The first-order chi connectivity index (χ1) is 14.6. The van der Waals surface area contributed by atoms with E-state index in [9.17, 15) is 4.79 Å². The molecule has 1 atom stereocenters. The number of carbonyl (C=O) groups is 1. The average molecular weight is 403 g/mol. The van der Waals surface area contributed by atoms with Gasteiger partial charge in [-0.05, 0) is 54.8 Å². The van der Waals surface area contributed by atoms with E-state index in [1.54, 1.807) is 0 Å². The minimum Gasteiger partial charge on any atom is -0.483 e. The fraction of sp³-hybridized carbons (Fsp3) is 0.346. The van der Waals surface area contributed by atoms with Gasteiger partial charge in [-0.15, -0.1) is 0 Å². The molecule has 156 valence electrons. The topological polar surface area (TPSA) is 41.6 Å². The quantitative estimate of drug-likeness (QED) is 0.606. The molecule has 0 spiro atoms. The summed E-state index contributed by atoms with van der Waals surface area (Å²) in [7, 11) is 0. The number of hydrogen-bond donors (Lipinski definition) is 1. The van der Waals surface area contributed by atoms with E-state index in [1.807, 2.05) is 49.4 Å². The lowest BCUT2D eigenvalue weighted by Gasteiger charge is -2.32. The Labute approximate surface area is 178 Å². The molecule has 0 unspecified atom stereocenters. The minimum absolute atomic E-state index is 0.00237. The van der Waals surface area contributed by atoms with E-state index in [2.05, 4.69) is 41.4 Å². The molecule has 0 aliphatic carbocycles. The molecule has 0 aromatic heterocycles. The van der Waals surface area contributed by atoms with E-state index in [0.29, 0.717) is 0 Å². The van der Waals surface area contributed by atoms with Gasteiger partial charge in [-0.3, -0.25) is 4.79 Å². The van der Waals surface area contributed by atoms with Gasteiger partial charge in [0.25, 0.3) is 5.91 Å². The normalized spacial score (nSPS) is 15.7. The second kappa shape index (κ2) is 9.21. The summed E-state index contributed by atoms with van der Waals surface area (Å²) in [4.78, 5) is 14.9. The predicted molar refractivity (Wildman–Crippen MR) is 123 cm³/mol. The number of benzene rings is 3. The van der Waals surface area contributed by atoms with Gasteiger partial charge in [-0.1, -0.05) is 55.5 Å². The summed E-state index contributed by atoms with van der Waals surface area (Å²) in [6.45, 7) is 6.58. The van der Waals surface area contributed by atoms with Crippen molar-refractivity contribution < 1.29 is 9.53 Å². The summed E-state index contributed by atoms with van der Waals surface area (Å²) in [5, 5.41) is 5.16. The monoisotopic (exact) mass is 402 g/mol. The van der Waals surface area contributed by atoms with Gasteiger partial charge in [0.15, 0.2) is 6.61 Å². The molecule has 1 saturated heterocycles. The smallest absolute Gasteiger partial charge is 0.258 e. The van der Waals surface area contributed by atoms with Crippen LogP contribution in [-0.4, -0.2) is 25.6 Å². The van der Waals surface area contributed by atoms with E-state index < -0.39 is 0 Å². The van der Waals surface area contributed by atoms with Gasteiger partial charge < -0.3 is 15.0 Å². The summed E-state index contributed by atoms with van der Waals surface area (Å²) in [5.41, 5.74) is 2.37. The third-order valence-electron chi connectivity index (χ3n) is 6.03. The number of piperidine rings is 1. The minimum atomic E-state index is -0.121. The Morgan fingerprint density at radius 1 is 1.03 bits per heavy atom. The van der Waals surface area contributed by atoms with E-state index >= 15 is 0 Å². The molecule has 1 heterocycles. The zero-order valence-corrected chi connectivity index (χ0v) is 17.8. The Morgan fingerprint density at radius 3 is 2.50 bits per heavy atom. The van der Waals surface area contributed by atoms with Gasteiger partial charge in [0.2, 0.25) is 0 Å². The number of ether oxygens (including phenoxy) is 1. The Balaban J connectivity index is 1.32. The molecule has 3 aromatic rings. The molecule has 4 heteroatoms. The van der Waals surface area contributed by atoms with Gasteiger partial charge >= 0.3 is 0 Å². The lowest BCUT2D eigenvalue weighted by atomic mass is 9.98. The molecular formula is C26H30N2O2. The summed E-state index contributed by atoms with van der Waals surface area (Å²) in [6.07, 6.45) is 2.51. The highest BCUT2D eigenvalue weighted by Crippen LogP contribution is 2.26. The maximum Gasteiger partial charge on any atom is 0.258 e. The van der Waals surface area contributed by atoms with Crippen LogP contribution in [0.1, 0.15) is 38.3 Å². The van der Waals surface area contributed by atoms with Crippen LogP contribution in [0, 0.1) is 5.92 Å². The van der Waals surface area contributed by atoms with Crippen LogP contribution in [0.5, 0.6) is 5.75 Å². The highest BCUT2D eigenvalue weighted by molar-refractivity contribution is 5.88. The van der Waals surface area contributed by atoms with E-state index in [-0.39, 0.29) is 18.6 Å². The zero-order valence-electron chi connectivity index (χ0n) is 17.8. The van der Waals surface area contributed by atoms with Crippen molar-refractivity contribution in [1.82, 2.24) is 5.32 Å². The first kappa shape index (κ1) is 20.3. The standard InChI is InChI=1S/C26H30N2O2/c1-19-14-16-28(17-15-19)23-12-10-21(11-13-23)20(2)27-26(29)18-30-25-9-5-7-22-6-3-4-8-24(22)25/h3-13,19-20H,14-18H2,1-2H3,(H,27,29)/t20-/m0/s1. The molecule has 30 heavy (non-hydrogen) atoms. The summed E-state index contributed by atoms with van der Waals surface area (Å²) in [5.74, 6) is 1.44. The number of nitrogens with one attached hydrogen (secondary N) is 1. The molecule has 1 aliphatic heterocycles. The van der Waals surface area contributed by atoms with Crippen LogP contribution < -0.4 is 15.0 Å². The van der Waals surface area contributed by atoms with Crippen LogP contribution in [0.3, 0.4) is 0 Å². The Hall–Kier alpha value is -3.01. The first-order valence-electron chi connectivity index (χ1n) is 10.8. The fourth-order valence-electron chi connectivity index (χ4n) is 4.07. The maximum absolute atomic E-state index is 12.4. The number of hydrogen-bond acceptors (Lipinski definition) is 3. The molecule has 1 fully saturated rings. The van der Waals surface area contributed by atoms with Crippen molar-refractivity contribution in [3.05, 3.63) is 72.3 Å². The van der Waals surface area contributed by atoms with Crippen LogP contribution in [0.2, 0.25) is 0 Å². The molecule has 1 N–H and O–H groups in total. The molecule has 3 aromatic carbocycles. The van der Waals surface area contributed by atoms with Gasteiger partial charge in [0.1, 0.15) is 5.75 Å².